The summed E-state index contributed by atoms with van der Waals surface area (Å²) in [5.74, 6) is -0.762. The second kappa shape index (κ2) is 11.3. The van der Waals surface area contributed by atoms with E-state index in [4.69, 9.17) is 9.47 Å². The number of alkyl halides is 3. The molecule has 5 heterocycles. The summed E-state index contributed by atoms with van der Waals surface area (Å²) in [4.78, 5) is 38.4. The van der Waals surface area contributed by atoms with Gasteiger partial charge in [-0.15, -0.1) is 0 Å². The summed E-state index contributed by atoms with van der Waals surface area (Å²) in [7, 11) is 0. The van der Waals surface area contributed by atoms with Crippen LogP contribution in [-0.2, 0) is 15.9 Å². The maximum absolute atomic E-state index is 13.6. The summed E-state index contributed by atoms with van der Waals surface area (Å²) in [5.41, 5.74) is 1.45. The van der Waals surface area contributed by atoms with Gasteiger partial charge in [0.25, 0.3) is 5.91 Å². The Bertz CT molecular complexity index is 1330. The molecule has 3 fully saturated rings. The highest BCUT2D eigenvalue weighted by atomic mass is 19.4. The first kappa shape index (κ1) is 28.7. The van der Waals surface area contributed by atoms with Crippen LogP contribution >= 0.6 is 0 Å². The van der Waals surface area contributed by atoms with Gasteiger partial charge in [0.1, 0.15) is 17.6 Å². The predicted molar refractivity (Wildman–Crippen MR) is 149 cm³/mol. The van der Waals surface area contributed by atoms with Gasteiger partial charge >= 0.3 is 12.2 Å². The number of halogens is 3. The number of aromatic nitrogens is 2. The van der Waals surface area contributed by atoms with Gasteiger partial charge in [0.15, 0.2) is 11.6 Å². The highest BCUT2D eigenvalue weighted by Gasteiger charge is 2.43. The first-order valence-corrected chi connectivity index (χ1v) is 14.6. The Morgan fingerprint density at radius 1 is 1.19 bits per heavy atom. The normalized spacial score (nSPS) is 23.5. The molecule has 226 valence electrons. The van der Waals surface area contributed by atoms with Gasteiger partial charge in [-0.2, -0.15) is 13.2 Å². The Kier molecular flexibility index (Phi) is 7.73. The van der Waals surface area contributed by atoms with E-state index in [0.29, 0.717) is 37.6 Å². The van der Waals surface area contributed by atoms with E-state index < -0.39 is 29.9 Å². The number of anilines is 3. The second-order valence-corrected chi connectivity index (χ2v) is 11.6. The summed E-state index contributed by atoms with van der Waals surface area (Å²) >= 11 is 0. The number of fused-ring (bicyclic) bond motifs is 4. The first-order chi connectivity index (χ1) is 20.1. The molecule has 42 heavy (non-hydrogen) atoms. The predicted octanol–water partition coefficient (Wildman–Crippen LogP) is 4.80. The zero-order chi connectivity index (χ0) is 29.5. The Morgan fingerprint density at radius 2 is 2.00 bits per heavy atom. The van der Waals surface area contributed by atoms with Crippen LogP contribution < -0.4 is 20.4 Å². The number of nitrogens with zero attached hydrogens (tertiary/aromatic N) is 4. The van der Waals surface area contributed by atoms with Crippen LogP contribution in [0.4, 0.5) is 35.3 Å². The topological polar surface area (TPSA) is 109 Å². The molecule has 3 atom stereocenters. The third kappa shape index (κ3) is 5.89. The monoisotopic (exact) mass is 588 g/mol. The van der Waals surface area contributed by atoms with Gasteiger partial charge < -0.3 is 19.7 Å². The van der Waals surface area contributed by atoms with Crippen molar-refractivity contribution in [3.05, 3.63) is 41.7 Å². The molecule has 2 bridgehead atoms. The average Bonchev–Trinajstić information content (AvgIpc) is 3.56. The Morgan fingerprint density at radius 3 is 2.79 bits per heavy atom. The van der Waals surface area contributed by atoms with Gasteiger partial charge in [0.05, 0.1) is 24.4 Å². The molecule has 1 spiro atoms. The summed E-state index contributed by atoms with van der Waals surface area (Å²) in [5, 5.41) is 4.80. The van der Waals surface area contributed by atoms with Gasteiger partial charge in [-0.25, -0.2) is 14.8 Å². The van der Waals surface area contributed by atoms with Crippen molar-refractivity contribution < 1.29 is 32.2 Å². The molecule has 2 aromatic rings. The minimum Gasteiger partial charge on any atom is -0.366 e. The van der Waals surface area contributed by atoms with Crippen LogP contribution in [0.1, 0.15) is 67.9 Å². The maximum atomic E-state index is 13.6. The Hall–Kier alpha value is -3.45. The van der Waals surface area contributed by atoms with Gasteiger partial charge in [-0.1, -0.05) is 6.42 Å². The number of rotatable bonds is 6. The molecule has 2 saturated heterocycles. The number of hydrogen-bond donors (Lipinski definition) is 2. The van der Waals surface area contributed by atoms with Crippen molar-refractivity contribution in [1.29, 1.82) is 0 Å². The summed E-state index contributed by atoms with van der Waals surface area (Å²) in [6.45, 7) is 2.74. The molecule has 2 N–H and O–H groups in total. The third-order valence-electron chi connectivity index (χ3n) is 8.59. The first-order valence-electron chi connectivity index (χ1n) is 14.6. The minimum atomic E-state index is -4.59. The van der Waals surface area contributed by atoms with Crippen LogP contribution in [0.25, 0.3) is 0 Å². The van der Waals surface area contributed by atoms with E-state index in [-0.39, 0.29) is 23.7 Å². The number of aryl methyl sites for hydroxylation is 1. The maximum Gasteiger partial charge on any atom is 0.408 e. The summed E-state index contributed by atoms with van der Waals surface area (Å²) in [6, 6.07) is 4.03. The van der Waals surface area contributed by atoms with E-state index >= 15 is 0 Å². The van der Waals surface area contributed by atoms with Crippen molar-refractivity contribution in [2.24, 2.45) is 0 Å². The number of urea groups is 1. The molecule has 0 radical (unpaired) electrons. The van der Waals surface area contributed by atoms with Crippen LogP contribution in [0.15, 0.2) is 30.5 Å². The van der Waals surface area contributed by atoms with E-state index in [2.05, 4.69) is 20.2 Å². The molecule has 1 unspecified atom stereocenters. The average molecular weight is 589 g/mol. The van der Waals surface area contributed by atoms with Crippen LogP contribution in [-0.4, -0.2) is 71.8 Å². The zero-order valence-electron chi connectivity index (χ0n) is 23.5. The summed E-state index contributed by atoms with van der Waals surface area (Å²) in [6.07, 6.45) is 4.66. The van der Waals surface area contributed by atoms with Crippen LogP contribution in [0, 0.1) is 0 Å². The highest BCUT2D eigenvalue weighted by Crippen LogP contribution is 2.40. The van der Waals surface area contributed by atoms with E-state index in [0.717, 1.165) is 51.0 Å². The fourth-order valence-corrected chi connectivity index (χ4v) is 6.26. The van der Waals surface area contributed by atoms with Crippen molar-refractivity contribution in [3.8, 4) is 0 Å². The molecule has 6 rings (SSSR count). The fourth-order valence-electron chi connectivity index (χ4n) is 6.26. The molecule has 1 saturated carbocycles. The Labute approximate surface area is 242 Å². The molecule has 1 aliphatic carbocycles. The number of amides is 3. The zero-order valence-corrected chi connectivity index (χ0v) is 23.5. The molecule has 10 nitrogen and oxygen atoms in total. The lowest BCUT2D eigenvalue weighted by Gasteiger charge is -2.35. The molecule has 3 aliphatic heterocycles. The van der Waals surface area contributed by atoms with E-state index in [9.17, 15) is 22.8 Å². The molecular formula is C29H35F3N6O4. The van der Waals surface area contributed by atoms with Gasteiger partial charge in [-0.05, 0) is 68.9 Å². The summed E-state index contributed by atoms with van der Waals surface area (Å²) < 4.78 is 51.3. The van der Waals surface area contributed by atoms with Crippen LogP contribution in [0.3, 0.4) is 0 Å². The highest BCUT2D eigenvalue weighted by molar-refractivity contribution is 6.05. The number of carbonyl (C=O) groups is 2. The van der Waals surface area contributed by atoms with E-state index in [1.54, 1.807) is 12.3 Å². The second-order valence-electron chi connectivity index (χ2n) is 11.6. The smallest absolute Gasteiger partial charge is 0.366 e. The van der Waals surface area contributed by atoms with Crippen molar-refractivity contribution in [3.63, 3.8) is 0 Å². The van der Waals surface area contributed by atoms with Crippen molar-refractivity contribution >= 4 is 29.3 Å². The minimum absolute atomic E-state index is 0.0288. The van der Waals surface area contributed by atoms with Crippen LogP contribution in [0.2, 0.25) is 0 Å². The number of nitrogens with one attached hydrogen (secondary N) is 2. The van der Waals surface area contributed by atoms with Crippen molar-refractivity contribution in [2.45, 2.75) is 88.4 Å². The Balaban J connectivity index is 1.13. The lowest BCUT2D eigenvalue weighted by molar-refractivity contribution is -0.187. The quantitative estimate of drug-likeness (QED) is 0.499. The van der Waals surface area contributed by atoms with Gasteiger partial charge in [0, 0.05) is 32.1 Å². The van der Waals surface area contributed by atoms with E-state index in [1.807, 2.05) is 17.4 Å². The van der Waals surface area contributed by atoms with Gasteiger partial charge in [0.2, 0.25) is 0 Å². The molecule has 2 aromatic heterocycles. The largest absolute Gasteiger partial charge is 0.408 e. The van der Waals surface area contributed by atoms with Crippen LogP contribution in [0.5, 0.6) is 0 Å². The van der Waals surface area contributed by atoms with Gasteiger partial charge in [-0.3, -0.25) is 15.0 Å². The number of carbonyl (C=O) groups excluding carboxylic acids is 2. The molecule has 3 amide bonds. The lowest BCUT2D eigenvalue weighted by Crippen LogP contribution is -2.49. The fraction of sp³-hybridized carbons (Fsp3) is 0.586. The molecule has 13 heteroatoms. The lowest BCUT2D eigenvalue weighted by atomic mass is 9.94. The van der Waals surface area contributed by atoms with Crippen molar-refractivity contribution in [1.82, 2.24) is 15.3 Å². The SMILES string of the molecule is C[C@@H](NC(=O)c1ccc2c(n1)N(C(=O)Nc1cc(CCC3COC4(CCCCC4)O3)ccn1)[C@H]1CCN2C1)C(F)(F)F. The third-order valence-corrected chi connectivity index (χ3v) is 8.59. The molecular weight excluding hydrogens is 553 g/mol. The molecule has 4 aliphatic rings. The van der Waals surface area contributed by atoms with Crippen molar-refractivity contribution in [2.75, 3.05) is 34.8 Å². The van der Waals surface area contributed by atoms with E-state index in [1.165, 1.54) is 17.4 Å². The number of ether oxygens (including phenoxy) is 2. The molecule has 0 aromatic carbocycles. The standard InChI is InChI=1S/C29H35F3N6O4/c1-18(29(30,31)32)34-26(39)22-7-8-23-25(35-22)38(20-10-14-37(23)16-20)27(40)36-24-15-19(9-13-33-24)5-6-21-17-41-28(42-21)11-3-2-4-12-28/h7-9,13,15,18,20-21H,2-6,10-12,14,16-17H2,1H3,(H,34,39)(H,33,36,40)/t18-,20+,21?/m1/s1. The number of pyridine rings is 2. The number of hydrogen-bond acceptors (Lipinski definition) is 7.